The van der Waals surface area contributed by atoms with Gasteiger partial charge in [-0.15, -0.1) is 11.8 Å². The number of carbonyl (C=O) groups is 2. The van der Waals surface area contributed by atoms with Crippen LogP contribution in [0.4, 0.5) is 0 Å². The predicted molar refractivity (Wildman–Crippen MR) is 150 cm³/mol. The lowest BCUT2D eigenvalue weighted by Gasteiger charge is -2.24. The van der Waals surface area contributed by atoms with Crippen molar-refractivity contribution >= 4 is 34.5 Å². The van der Waals surface area contributed by atoms with Gasteiger partial charge >= 0.3 is 0 Å². The number of fused-ring (bicyclic) bond motifs is 1. The van der Waals surface area contributed by atoms with Crippen molar-refractivity contribution in [1.82, 2.24) is 20.0 Å². The van der Waals surface area contributed by atoms with Crippen molar-refractivity contribution in [2.45, 2.75) is 5.37 Å². The molecule has 1 unspecified atom stereocenters. The van der Waals surface area contributed by atoms with Crippen LogP contribution in [0.1, 0.15) is 21.3 Å². The van der Waals surface area contributed by atoms with E-state index in [4.69, 9.17) is 4.98 Å². The van der Waals surface area contributed by atoms with Gasteiger partial charge in [0.25, 0.3) is 17.4 Å². The van der Waals surface area contributed by atoms with Gasteiger partial charge in [-0.05, 0) is 54.1 Å². The van der Waals surface area contributed by atoms with Crippen molar-refractivity contribution in [1.29, 1.82) is 0 Å². The van der Waals surface area contributed by atoms with E-state index < -0.39 is 11.3 Å². The molecule has 6 rings (SSSR count). The molecule has 1 fully saturated rings. The van der Waals surface area contributed by atoms with Crippen molar-refractivity contribution in [2.24, 2.45) is 0 Å². The maximum Gasteiger partial charge on any atom is 0.269 e. The highest BCUT2D eigenvalue weighted by Gasteiger charge is 2.34. The van der Waals surface area contributed by atoms with Gasteiger partial charge in [-0.3, -0.25) is 24.4 Å². The second-order valence-electron chi connectivity index (χ2n) is 8.97. The number of hydrazine groups is 1. The van der Waals surface area contributed by atoms with Gasteiger partial charge in [-0.1, -0.05) is 54.6 Å². The van der Waals surface area contributed by atoms with Gasteiger partial charge < -0.3 is 5.11 Å². The number of hydrogen-bond acceptors (Lipinski definition) is 6. The highest BCUT2D eigenvalue weighted by atomic mass is 32.2. The van der Waals surface area contributed by atoms with Crippen LogP contribution < -0.4 is 11.0 Å². The number of hydrogen-bond donors (Lipinski definition) is 2. The summed E-state index contributed by atoms with van der Waals surface area (Å²) < 4.78 is 1.54. The zero-order chi connectivity index (χ0) is 26.9. The Morgan fingerprint density at radius 1 is 0.897 bits per heavy atom. The molecule has 0 bridgehead atoms. The van der Waals surface area contributed by atoms with Crippen LogP contribution in [-0.2, 0) is 4.79 Å². The summed E-state index contributed by atoms with van der Waals surface area (Å²) in [5.41, 5.74) is 5.45. The van der Waals surface area contributed by atoms with Crippen molar-refractivity contribution < 1.29 is 14.7 Å². The Bertz CT molecular complexity index is 1770. The van der Waals surface area contributed by atoms with Gasteiger partial charge in [0, 0.05) is 11.1 Å². The molecule has 4 aromatic carbocycles. The number of thioether (sulfide) groups is 1. The summed E-state index contributed by atoms with van der Waals surface area (Å²) in [5.74, 6) is 0.0850. The van der Waals surface area contributed by atoms with Crippen molar-refractivity contribution in [2.75, 3.05) is 5.75 Å². The second kappa shape index (κ2) is 10.1. The average molecular weight is 535 g/mol. The van der Waals surface area contributed by atoms with Crippen LogP contribution in [0.2, 0.25) is 0 Å². The Morgan fingerprint density at radius 2 is 1.64 bits per heavy atom. The van der Waals surface area contributed by atoms with E-state index in [0.717, 1.165) is 5.56 Å². The lowest BCUT2D eigenvalue weighted by molar-refractivity contribution is -0.130. The quantitative estimate of drug-likeness (QED) is 0.339. The molecule has 2 N–H and O–H groups in total. The molecule has 9 heteroatoms. The zero-order valence-corrected chi connectivity index (χ0v) is 21.3. The fourth-order valence-electron chi connectivity index (χ4n) is 4.56. The minimum Gasteiger partial charge on any atom is -0.508 e. The normalized spacial score (nSPS) is 15.0. The number of phenolic OH excluding ortho intramolecular Hbond substituents is 1. The molecule has 8 nitrogen and oxygen atoms in total. The highest BCUT2D eigenvalue weighted by molar-refractivity contribution is 8.00. The number of carbonyl (C=O) groups excluding carboxylic acids is 2. The number of para-hydroxylation sites is 1. The minimum atomic E-state index is -0.463. The number of nitrogens with zero attached hydrogens (tertiary/aromatic N) is 3. The molecule has 2 heterocycles. The highest BCUT2D eigenvalue weighted by Crippen LogP contribution is 2.38. The van der Waals surface area contributed by atoms with Crippen LogP contribution >= 0.6 is 11.8 Å². The number of amides is 2. The van der Waals surface area contributed by atoms with Crippen LogP contribution in [0, 0.1) is 0 Å². The van der Waals surface area contributed by atoms with E-state index in [9.17, 15) is 19.5 Å². The molecule has 0 saturated carbocycles. The van der Waals surface area contributed by atoms with Crippen LogP contribution in [0.15, 0.2) is 108 Å². The van der Waals surface area contributed by atoms with Crippen LogP contribution in [-0.4, -0.2) is 37.2 Å². The summed E-state index contributed by atoms with van der Waals surface area (Å²) in [6, 6.07) is 29.9. The first-order valence-corrected chi connectivity index (χ1v) is 13.3. The first kappa shape index (κ1) is 24.4. The fourth-order valence-corrected chi connectivity index (χ4v) is 5.66. The molecule has 192 valence electrons. The fraction of sp³-hybridized carbons (Fsp3) is 0.0667. The summed E-state index contributed by atoms with van der Waals surface area (Å²) in [5, 5.41) is 11.2. The Balaban J connectivity index is 1.33. The number of nitrogens with one attached hydrogen (secondary N) is 1. The third-order valence-corrected chi connectivity index (χ3v) is 7.65. The minimum absolute atomic E-state index is 0.0857. The molecule has 1 aromatic heterocycles. The van der Waals surface area contributed by atoms with Gasteiger partial charge in [0.15, 0.2) is 0 Å². The van der Waals surface area contributed by atoms with E-state index in [1.165, 1.54) is 21.3 Å². The third kappa shape index (κ3) is 4.64. The smallest absolute Gasteiger partial charge is 0.269 e. The molecule has 0 radical (unpaired) electrons. The largest absolute Gasteiger partial charge is 0.508 e. The van der Waals surface area contributed by atoms with Crippen LogP contribution in [0.3, 0.4) is 0 Å². The predicted octanol–water partition coefficient (Wildman–Crippen LogP) is 4.68. The number of aromatic hydroxyl groups is 1. The molecule has 5 aromatic rings. The number of aromatic nitrogens is 2. The molecule has 0 aliphatic carbocycles. The lowest BCUT2D eigenvalue weighted by Crippen LogP contribution is -2.44. The molecule has 0 spiro atoms. The molecule has 39 heavy (non-hydrogen) atoms. The van der Waals surface area contributed by atoms with Crippen LogP contribution in [0.5, 0.6) is 5.75 Å². The summed E-state index contributed by atoms with van der Waals surface area (Å²) >= 11 is 1.36. The van der Waals surface area contributed by atoms with Crippen molar-refractivity contribution in [3.05, 3.63) is 125 Å². The average Bonchev–Trinajstić information content (AvgIpc) is 3.33. The van der Waals surface area contributed by atoms with Gasteiger partial charge in [-0.2, -0.15) is 0 Å². The molecule has 1 aliphatic rings. The van der Waals surface area contributed by atoms with E-state index in [1.807, 2.05) is 42.5 Å². The summed E-state index contributed by atoms with van der Waals surface area (Å²) in [6.45, 7) is 0. The van der Waals surface area contributed by atoms with Gasteiger partial charge in [0.1, 0.15) is 16.9 Å². The first-order chi connectivity index (χ1) is 19.0. The summed E-state index contributed by atoms with van der Waals surface area (Å²) in [4.78, 5) is 44.0. The molecular formula is C30H22N4O4S. The number of benzene rings is 4. The van der Waals surface area contributed by atoms with Crippen molar-refractivity contribution in [3.63, 3.8) is 0 Å². The van der Waals surface area contributed by atoms with Gasteiger partial charge in [-0.25, -0.2) is 9.99 Å². The van der Waals surface area contributed by atoms with E-state index in [1.54, 1.807) is 60.7 Å². The molecule has 2 amide bonds. The Labute approximate surface area is 227 Å². The van der Waals surface area contributed by atoms with Gasteiger partial charge in [0.2, 0.25) is 0 Å². The first-order valence-electron chi connectivity index (χ1n) is 12.2. The molecule has 1 aliphatic heterocycles. The van der Waals surface area contributed by atoms with E-state index in [2.05, 4.69) is 5.43 Å². The Hall–Kier alpha value is -4.89. The third-order valence-electron chi connectivity index (χ3n) is 6.44. The maximum atomic E-state index is 13.6. The number of rotatable bonds is 5. The van der Waals surface area contributed by atoms with Crippen LogP contribution in [0.25, 0.3) is 28.0 Å². The Morgan fingerprint density at radius 3 is 2.41 bits per heavy atom. The molecule has 1 saturated heterocycles. The maximum absolute atomic E-state index is 13.6. The topological polar surface area (TPSA) is 105 Å². The lowest BCUT2D eigenvalue weighted by atomic mass is 10.1. The van der Waals surface area contributed by atoms with Gasteiger partial charge in [0.05, 0.1) is 22.3 Å². The molecule has 1 atom stereocenters. The second-order valence-corrected chi connectivity index (χ2v) is 10.0. The van der Waals surface area contributed by atoms with E-state index >= 15 is 0 Å². The Kier molecular flexibility index (Phi) is 6.34. The standard InChI is InChI=1S/C30H22N4O4S/c35-23-10-6-9-21(17-23)30-34(26(36)18-39-30)32-28(37)20-13-15-22(16-14-20)33-27(19-7-2-1-3-8-19)31-25-12-5-4-11-24(25)29(33)38/h1-17,30,35H,18H2,(H,32,37). The van der Waals surface area contributed by atoms with E-state index in [0.29, 0.717) is 33.5 Å². The number of phenols is 1. The van der Waals surface area contributed by atoms with E-state index in [-0.39, 0.29) is 23.0 Å². The summed E-state index contributed by atoms with van der Waals surface area (Å²) in [7, 11) is 0. The molecular weight excluding hydrogens is 512 g/mol. The SMILES string of the molecule is O=C(NN1C(=O)CSC1c1cccc(O)c1)c1ccc(-n2c(-c3ccccc3)nc3ccccc3c2=O)cc1. The monoisotopic (exact) mass is 534 g/mol. The van der Waals surface area contributed by atoms with Crippen molar-refractivity contribution in [3.8, 4) is 22.8 Å². The zero-order valence-electron chi connectivity index (χ0n) is 20.5. The summed E-state index contributed by atoms with van der Waals surface area (Å²) in [6.07, 6.45) is 0.